The number of carbonyl (C=O) groups is 1. The maximum atomic E-state index is 13.0. The summed E-state index contributed by atoms with van der Waals surface area (Å²) in [5.74, 6) is 1.07. The van der Waals surface area contributed by atoms with E-state index in [2.05, 4.69) is 5.32 Å². The Balaban J connectivity index is 1.89. The summed E-state index contributed by atoms with van der Waals surface area (Å²) in [5, 5.41) is 3.28. The molecule has 1 unspecified atom stereocenters. The zero-order chi connectivity index (χ0) is 23.7. The van der Waals surface area contributed by atoms with Crippen LogP contribution in [0.4, 0.5) is 5.69 Å². The Bertz CT molecular complexity index is 1120. The molecule has 2 aromatic rings. The van der Waals surface area contributed by atoms with Gasteiger partial charge in [-0.2, -0.15) is 0 Å². The van der Waals surface area contributed by atoms with Crippen LogP contribution in [0.2, 0.25) is 5.02 Å². The smallest absolute Gasteiger partial charge is 0.241 e. The van der Waals surface area contributed by atoms with Gasteiger partial charge in [-0.15, -0.1) is 0 Å². The molecule has 0 bridgehead atoms. The number of carbonyl (C=O) groups excluding carboxylic acids is 1. The van der Waals surface area contributed by atoms with E-state index in [0.717, 1.165) is 16.1 Å². The zero-order valence-corrected chi connectivity index (χ0v) is 20.2. The summed E-state index contributed by atoms with van der Waals surface area (Å²) in [5.41, 5.74) is 0.448. The van der Waals surface area contributed by atoms with Gasteiger partial charge in [-0.1, -0.05) is 11.6 Å². The van der Waals surface area contributed by atoms with Crippen molar-refractivity contribution >= 4 is 33.2 Å². The van der Waals surface area contributed by atoms with Gasteiger partial charge < -0.3 is 19.5 Å². The lowest BCUT2D eigenvalue weighted by Crippen LogP contribution is -2.45. The minimum atomic E-state index is -3.80. The first-order chi connectivity index (χ1) is 14.9. The monoisotopic (exact) mass is 482 g/mol. The molecule has 10 heteroatoms. The summed E-state index contributed by atoms with van der Waals surface area (Å²) in [7, 11) is -0.815. The molecule has 0 radical (unpaired) electrons. The second-order valence-corrected chi connectivity index (χ2v) is 10.5. The number of nitrogens with zero attached hydrogens (tertiary/aromatic N) is 1. The first-order valence-electron chi connectivity index (χ1n) is 9.91. The number of anilines is 1. The molecule has 1 N–H and O–H groups in total. The van der Waals surface area contributed by atoms with Crippen molar-refractivity contribution in [3.8, 4) is 17.2 Å². The van der Waals surface area contributed by atoms with Crippen molar-refractivity contribution in [2.75, 3.05) is 31.3 Å². The number of fused-ring (bicyclic) bond motifs is 1. The average Bonchev–Trinajstić information content (AvgIpc) is 2.69. The molecule has 0 aliphatic carbocycles. The van der Waals surface area contributed by atoms with Crippen LogP contribution >= 0.6 is 11.6 Å². The molecule has 32 heavy (non-hydrogen) atoms. The fourth-order valence-corrected chi connectivity index (χ4v) is 4.72. The van der Waals surface area contributed by atoms with E-state index in [1.807, 2.05) is 19.9 Å². The zero-order valence-electron chi connectivity index (χ0n) is 18.6. The third-order valence-corrected chi connectivity index (χ3v) is 6.47. The van der Waals surface area contributed by atoms with Crippen LogP contribution in [-0.2, 0) is 14.8 Å². The molecule has 1 heterocycles. The van der Waals surface area contributed by atoms with Gasteiger partial charge in [-0.25, -0.2) is 8.42 Å². The minimum absolute atomic E-state index is 0.190. The number of rotatable bonds is 7. The van der Waals surface area contributed by atoms with Crippen molar-refractivity contribution in [1.82, 2.24) is 5.32 Å². The number of halogens is 1. The van der Waals surface area contributed by atoms with E-state index in [4.69, 9.17) is 25.8 Å². The Morgan fingerprint density at radius 2 is 1.94 bits per heavy atom. The lowest BCUT2D eigenvalue weighted by atomic mass is 9.89. The molecule has 8 nitrogen and oxygen atoms in total. The van der Waals surface area contributed by atoms with Crippen LogP contribution in [0.15, 0.2) is 36.4 Å². The van der Waals surface area contributed by atoms with Crippen molar-refractivity contribution in [2.24, 2.45) is 0 Å². The number of hydrogen-bond acceptors (Lipinski definition) is 6. The highest BCUT2D eigenvalue weighted by molar-refractivity contribution is 7.92. The fraction of sp³-hybridized carbons (Fsp3) is 0.409. The molecular formula is C22H27ClN2O6S. The summed E-state index contributed by atoms with van der Waals surface area (Å²) in [6.07, 6.45) is 1.54. The number of benzene rings is 2. The maximum Gasteiger partial charge on any atom is 0.241 e. The van der Waals surface area contributed by atoms with E-state index in [1.165, 1.54) is 13.2 Å². The normalized spacial score (nSPS) is 17.0. The van der Waals surface area contributed by atoms with E-state index in [1.54, 1.807) is 31.4 Å². The van der Waals surface area contributed by atoms with Gasteiger partial charge in [0.1, 0.15) is 29.4 Å². The SMILES string of the molecule is COc1ccc2c(c1)OC(C)(C)CC2NC(=O)CN(c1cc(Cl)ccc1OC)S(C)(=O)=O. The standard InChI is InChI=1S/C22H27ClN2O6S/c1-22(2)12-17(16-8-7-15(29-3)11-20(16)31-22)24-21(26)13-25(32(5,27)28)18-10-14(23)6-9-19(18)30-4/h6-11,17H,12-13H2,1-5H3,(H,24,26). The van der Waals surface area contributed by atoms with Crippen LogP contribution in [0.3, 0.4) is 0 Å². The van der Waals surface area contributed by atoms with Crippen LogP contribution in [-0.4, -0.2) is 46.9 Å². The van der Waals surface area contributed by atoms with Gasteiger partial charge in [0, 0.05) is 23.1 Å². The van der Waals surface area contributed by atoms with Crippen LogP contribution < -0.4 is 23.8 Å². The maximum absolute atomic E-state index is 13.0. The second kappa shape index (κ2) is 9.07. The number of methoxy groups -OCH3 is 2. The number of sulfonamides is 1. The Morgan fingerprint density at radius 3 is 2.56 bits per heavy atom. The summed E-state index contributed by atoms with van der Waals surface area (Å²) < 4.78 is 42.6. The summed E-state index contributed by atoms with van der Waals surface area (Å²) in [6.45, 7) is 3.42. The largest absolute Gasteiger partial charge is 0.497 e. The van der Waals surface area contributed by atoms with E-state index < -0.39 is 28.1 Å². The van der Waals surface area contributed by atoms with Crippen LogP contribution in [0.5, 0.6) is 17.2 Å². The Morgan fingerprint density at radius 1 is 1.22 bits per heavy atom. The quantitative estimate of drug-likeness (QED) is 0.648. The molecule has 2 aromatic carbocycles. The summed E-state index contributed by atoms with van der Waals surface area (Å²) >= 11 is 6.07. The van der Waals surface area contributed by atoms with Gasteiger partial charge in [0.05, 0.1) is 32.2 Å². The topological polar surface area (TPSA) is 94.2 Å². The second-order valence-electron chi connectivity index (χ2n) is 8.18. The highest BCUT2D eigenvalue weighted by Gasteiger charge is 2.35. The number of ether oxygens (including phenoxy) is 3. The predicted molar refractivity (Wildman–Crippen MR) is 123 cm³/mol. The number of nitrogens with one attached hydrogen (secondary N) is 1. The number of hydrogen-bond donors (Lipinski definition) is 1. The molecule has 0 fully saturated rings. The lowest BCUT2D eigenvalue weighted by molar-refractivity contribution is -0.120. The molecule has 1 aliphatic rings. The Hall–Kier alpha value is -2.65. The molecule has 1 amide bonds. The summed E-state index contributed by atoms with van der Waals surface area (Å²) in [6, 6.07) is 9.62. The molecule has 0 aromatic heterocycles. The van der Waals surface area contributed by atoms with Crippen molar-refractivity contribution < 1.29 is 27.4 Å². The van der Waals surface area contributed by atoms with Gasteiger partial charge in [-0.3, -0.25) is 9.10 Å². The van der Waals surface area contributed by atoms with Gasteiger partial charge in [0.25, 0.3) is 0 Å². The highest BCUT2D eigenvalue weighted by Crippen LogP contribution is 2.41. The van der Waals surface area contributed by atoms with Crippen LogP contribution in [0, 0.1) is 0 Å². The van der Waals surface area contributed by atoms with E-state index in [9.17, 15) is 13.2 Å². The average molecular weight is 483 g/mol. The Kier molecular flexibility index (Phi) is 6.80. The number of amides is 1. The molecule has 1 aliphatic heterocycles. The molecule has 0 spiro atoms. The first-order valence-corrected chi connectivity index (χ1v) is 12.1. The summed E-state index contributed by atoms with van der Waals surface area (Å²) in [4.78, 5) is 13.0. The van der Waals surface area contributed by atoms with E-state index >= 15 is 0 Å². The van der Waals surface area contributed by atoms with Crippen LogP contribution in [0.25, 0.3) is 0 Å². The molecule has 0 saturated carbocycles. The van der Waals surface area contributed by atoms with Gasteiger partial charge >= 0.3 is 0 Å². The van der Waals surface area contributed by atoms with Gasteiger partial charge in [0.2, 0.25) is 15.9 Å². The van der Waals surface area contributed by atoms with Crippen LogP contribution in [0.1, 0.15) is 31.9 Å². The van der Waals surface area contributed by atoms with E-state index in [-0.39, 0.29) is 17.5 Å². The predicted octanol–water partition coefficient (Wildman–Crippen LogP) is 3.54. The van der Waals surface area contributed by atoms with Crippen molar-refractivity contribution in [2.45, 2.75) is 31.9 Å². The third-order valence-electron chi connectivity index (χ3n) is 5.11. The molecule has 0 saturated heterocycles. The molecule has 174 valence electrons. The fourth-order valence-electron chi connectivity index (χ4n) is 3.70. The third kappa shape index (κ3) is 5.39. The minimum Gasteiger partial charge on any atom is -0.497 e. The first kappa shape index (κ1) is 24.0. The van der Waals surface area contributed by atoms with E-state index in [0.29, 0.717) is 22.9 Å². The molecule has 3 rings (SSSR count). The molecular weight excluding hydrogens is 456 g/mol. The lowest BCUT2D eigenvalue weighted by Gasteiger charge is -2.38. The Labute approximate surface area is 193 Å². The van der Waals surface area contributed by atoms with Gasteiger partial charge in [0.15, 0.2) is 0 Å². The molecule has 1 atom stereocenters. The van der Waals surface area contributed by atoms with Crippen molar-refractivity contribution in [3.63, 3.8) is 0 Å². The highest BCUT2D eigenvalue weighted by atomic mass is 35.5. The van der Waals surface area contributed by atoms with Crippen molar-refractivity contribution in [3.05, 3.63) is 47.0 Å². The van der Waals surface area contributed by atoms with Gasteiger partial charge in [-0.05, 0) is 44.2 Å². The van der Waals surface area contributed by atoms with Crippen molar-refractivity contribution in [1.29, 1.82) is 0 Å².